The molecule has 1 rings (SSSR count). The molecule has 0 spiro atoms. The molecular weight excluding hydrogens is 273 g/mol. The minimum absolute atomic E-state index is 0.514. The number of nitrogens with zero attached hydrogens (tertiary/aromatic N) is 1. The summed E-state index contributed by atoms with van der Waals surface area (Å²) >= 11 is 5.34. The molecule has 0 radical (unpaired) electrons. The van der Waals surface area contributed by atoms with Gasteiger partial charge in [-0.1, -0.05) is 11.6 Å². The molecule has 1 heterocycles. The van der Waals surface area contributed by atoms with Gasteiger partial charge < -0.3 is 5.73 Å². The Hall–Kier alpha value is -0.660. The van der Waals surface area contributed by atoms with Gasteiger partial charge in [-0.3, -0.25) is 0 Å². The van der Waals surface area contributed by atoms with Crippen molar-refractivity contribution in [3.63, 3.8) is 0 Å². The van der Waals surface area contributed by atoms with Crippen molar-refractivity contribution in [3.8, 4) is 0 Å². The molecule has 0 saturated heterocycles. The van der Waals surface area contributed by atoms with Gasteiger partial charge in [0.2, 0.25) is 0 Å². The first kappa shape index (κ1) is 12.4. The maximum Gasteiger partial charge on any atom is 0.266 e. The monoisotopic (exact) mass is 276 g/mol. The number of pyridine rings is 1. The fourth-order valence-electron chi connectivity index (χ4n) is 0.848. The standard InChI is InChI=1S/C6H4Cl2F2N2O2S/c7-4-2(5(9)10)1-3(6(11)12-4)15(8,13)14/h1,5H,(H2,11,12). The fourth-order valence-corrected chi connectivity index (χ4v) is 2.01. The van der Waals surface area contributed by atoms with Crippen LogP contribution in [0.2, 0.25) is 5.15 Å². The lowest BCUT2D eigenvalue weighted by Crippen LogP contribution is -2.04. The van der Waals surface area contributed by atoms with E-state index in [-0.39, 0.29) is 0 Å². The van der Waals surface area contributed by atoms with Gasteiger partial charge in [0, 0.05) is 10.7 Å². The van der Waals surface area contributed by atoms with E-state index < -0.39 is 36.9 Å². The topological polar surface area (TPSA) is 73.0 Å². The first-order valence-corrected chi connectivity index (χ1v) is 6.11. The molecule has 0 aliphatic carbocycles. The summed E-state index contributed by atoms with van der Waals surface area (Å²) in [5.74, 6) is -0.514. The van der Waals surface area contributed by atoms with Gasteiger partial charge in [-0.25, -0.2) is 22.2 Å². The van der Waals surface area contributed by atoms with Crippen molar-refractivity contribution in [2.24, 2.45) is 0 Å². The molecule has 0 aromatic carbocycles. The molecule has 0 saturated carbocycles. The number of hydrogen-bond donors (Lipinski definition) is 1. The highest BCUT2D eigenvalue weighted by molar-refractivity contribution is 8.13. The van der Waals surface area contributed by atoms with Gasteiger partial charge in [0.1, 0.15) is 15.9 Å². The van der Waals surface area contributed by atoms with Crippen LogP contribution in [0.1, 0.15) is 12.0 Å². The quantitative estimate of drug-likeness (QED) is 0.664. The first-order chi connectivity index (χ1) is 6.73. The molecule has 0 fully saturated rings. The second kappa shape index (κ2) is 4.07. The summed E-state index contributed by atoms with van der Waals surface area (Å²) in [6, 6.07) is 0.609. The average Bonchev–Trinajstić information content (AvgIpc) is 2.00. The van der Waals surface area contributed by atoms with Crippen LogP contribution in [0.5, 0.6) is 0 Å². The highest BCUT2D eigenvalue weighted by Crippen LogP contribution is 2.31. The van der Waals surface area contributed by atoms with Gasteiger partial charge >= 0.3 is 0 Å². The van der Waals surface area contributed by atoms with Crippen molar-refractivity contribution in [2.75, 3.05) is 5.73 Å². The predicted molar refractivity (Wildman–Crippen MR) is 51.7 cm³/mol. The van der Waals surface area contributed by atoms with Gasteiger partial charge in [0.15, 0.2) is 0 Å². The molecule has 1 aromatic rings. The summed E-state index contributed by atoms with van der Waals surface area (Å²) in [6.07, 6.45) is -2.96. The molecule has 4 nitrogen and oxygen atoms in total. The van der Waals surface area contributed by atoms with E-state index in [2.05, 4.69) is 4.98 Å². The number of hydrogen-bond acceptors (Lipinski definition) is 4. The zero-order valence-electron chi connectivity index (χ0n) is 6.92. The number of rotatable bonds is 2. The van der Waals surface area contributed by atoms with E-state index in [0.717, 1.165) is 0 Å². The van der Waals surface area contributed by atoms with Crippen LogP contribution in [0.4, 0.5) is 14.6 Å². The van der Waals surface area contributed by atoms with E-state index in [0.29, 0.717) is 6.07 Å². The summed E-state index contributed by atoms with van der Waals surface area (Å²) in [6.45, 7) is 0. The molecule has 0 aliphatic heterocycles. The fraction of sp³-hybridized carbons (Fsp3) is 0.167. The van der Waals surface area contributed by atoms with Crippen LogP contribution in [0.15, 0.2) is 11.0 Å². The number of alkyl halides is 2. The average molecular weight is 277 g/mol. The van der Waals surface area contributed by atoms with Crippen LogP contribution in [-0.4, -0.2) is 13.4 Å². The first-order valence-electron chi connectivity index (χ1n) is 3.42. The lowest BCUT2D eigenvalue weighted by molar-refractivity contribution is 0.151. The molecule has 0 aliphatic rings. The molecule has 0 bridgehead atoms. The van der Waals surface area contributed by atoms with Crippen LogP contribution in [0.3, 0.4) is 0 Å². The number of nitrogen functional groups attached to an aromatic ring is 1. The third-order valence-electron chi connectivity index (χ3n) is 1.49. The van der Waals surface area contributed by atoms with Crippen LogP contribution in [0.25, 0.3) is 0 Å². The minimum Gasteiger partial charge on any atom is -0.383 e. The zero-order chi connectivity index (χ0) is 11.8. The SMILES string of the molecule is Nc1nc(Cl)c(C(F)F)cc1S(=O)(=O)Cl. The number of halogens is 4. The Morgan fingerprint density at radius 2 is 2.00 bits per heavy atom. The Kier molecular flexibility index (Phi) is 3.37. The summed E-state index contributed by atoms with van der Waals surface area (Å²) in [7, 11) is 0.744. The lowest BCUT2D eigenvalue weighted by atomic mass is 10.3. The highest BCUT2D eigenvalue weighted by Gasteiger charge is 2.22. The summed E-state index contributed by atoms with van der Waals surface area (Å²) in [5, 5.41) is -0.549. The molecule has 2 N–H and O–H groups in total. The second-order valence-electron chi connectivity index (χ2n) is 2.49. The largest absolute Gasteiger partial charge is 0.383 e. The number of anilines is 1. The van der Waals surface area contributed by atoms with Crippen LogP contribution < -0.4 is 5.73 Å². The zero-order valence-corrected chi connectivity index (χ0v) is 9.24. The number of aromatic nitrogens is 1. The molecule has 0 unspecified atom stereocenters. The molecular formula is C6H4Cl2F2N2O2S. The molecule has 15 heavy (non-hydrogen) atoms. The van der Waals surface area contributed by atoms with E-state index in [9.17, 15) is 17.2 Å². The lowest BCUT2D eigenvalue weighted by Gasteiger charge is -2.06. The Bertz CT molecular complexity index is 492. The van der Waals surface area contributed by atoms with Crippen molar-refractivity contribution in [3.05, 3.63) is 16.8 Å². The van der Waals surface area contributed by atoms with Crippen molar-refractivity contribution >= 4 is 37.2 Å². The van der Waals surface area contributed by atoms with Crippen molar-refractivity contribution < 1.29 is 17.2 Å². The van der Waals surface area contributed by atoms with Crippen molar-refractivity contribution in [1.82, 2.24) is 4.98 Å². The minimum atomic E-state index is -4.21. The van der Waals surface area contributed by atoms with Gasteiger partial charge in [0.05, 0.1) is 5.56 Å². The van der Waals surface area contributed by atoms with Gasteiger partial charge in [0.25, 0.3) is 15.5 Å². The molecule has 84 valence electrons. The van der Waals surface area contributed by atoms with Gasteiger partial charge in [-0.05, 0) is 6.07 Å². The van der Waals surface area contributed by atoms with E-state index in [4.69, 9.17) is 28.0 Å². The van der Waals surface area contributed by atoms with E-state index >= 15 is 0 Å². The predicted octanol–water partition coefficient (Wildman–Crippen LogP) is 2.18. The Morgan fingerprint density at radius 3 is 2.40 bits per heavy atom. The van der Waals surface area contributed by atoms with Crippen molar-refractivity contribution in [2.45, 2.75) is 11.3 Å². The Labute approximate surface area is 93.4 Å². The van der Waals surface area contributed by atoms with Crippen LogP contribution in [0, 0.1) is 0 Å². The van der Waals surface area contributed by atoms with Gasteiger partial charge in [-0.2, -0.15) is 0 Å². The smallest absolute Gasteiger partial charge is 0.266 e. The Morgan fingerprint density at radius 1 is 1.47 bits per heavy atom. The number of nitrogens with two attached hydrogens (primary N) is 1. The summed E-state index contributed by atoms with van der Waals surface area (Å²) in [4.78, 5) is 2.58. The highest BCUT2D eigenvalue weighted by atomic mass is 35.7. The van der Waals surface area contributed by atoms with Crippen molar-refractivity contribution in [1.29, 1.82) is 0 Å². The molecule has 0 atom stereocenters. The van der Waals surface area contributed by atoms with Crippen LogP contribution >= 0.6 is 22.3 Å². The Balaban J connectivity index is 3.50. The second-order valence-corrected chi connectivity index (χ2v) is 5.38. The normalized spacial score (nSPS) is 12.1. The summed E-state index contributed by atoms with van der Waals surface area (Å²) in [5.41, 5.74) is 4.44. The van der Waals surface area contributed by atoms with Crippen LogP contribution in [-0.2, 0) is 9.05 Å². The van der Waals surface area contributed by atoms with Gasteiger partial charge in [-0.15, -0.1) is 0 Å². The molecule has 1 aromatic heterocycles. The third-order valence-corrected chi connectivity index (χ3v) is 3.15. The summed E-state index contributed by atoms with van der Waals surface area (Å²) < 4.78 is 46.4. The maximum absolute atomic E-state index is 12.3. The molecule has 9 heteroatoms. The molecule has 0 amide bonds. The van der Waals surface area contributed by atoms with E-state index in [1.165, 1.54) is 0 Å². The maximum atomic E-state index is 12.3. The van der Waals surface area contributed by atoms with E-state index in [1.807, 2.05) is 0 Å². The van der Waals surface area contributed by atoms with E-state index in [1.54, 1.807) is 0 Å². The third kappa shape index (κ3) is 2.67.